The van der Waals surface area contributed by atoms with Crippen LogP contribution in [-0.4, -0.2) is 26.1 Å². The number of anilines is 1. The van der Waals surface area contributed by atoms with E-state index < -0.39 is 0 Å². The number of hydrogen-bond acceptors (Lipinski definition) is 4. The Kier molecular flexibility index (Phi) is 2.79. The van der Waals surface area contributed by atoms with Crippen molar-refractivity contribution in [1.82, 2.24) is 20.2 Å². The topological polar surface area (TPSA) is 83.6 Å². The van der Waals surface area contributed by atoms with E-state index in [1.165, 1.54) is 0 Å². The predicted octanol–water partition coefficient (Wildman–Crippen LogP) is 2.76. The molecule has 0 saturated heterocycles. The number of aromatic amines is 1. The summed E-state index contributed by atoms with van der Waals surface area (Å²) in [5.74, 6) is -0.218. The number of rotatable bonds is 2. The quantitative estimate of drug-likeness (QED) is 0.594. The molecule has 2 aromatic heterocycles. The molecule has 0 aliphatic carbocycles. The second-order valence-corrected chi connectivity index (χ2v) is 4.86. The number of benzene rings is 2. The zero-order chi connectivity index (χ0) is 14.9. The molecule has 0 aliphatic heterocycles. The largest absolute Gasteiger partial charge is 0.322 e. The summed E-state index contributed by atoms with van der Waals surface area (Å²) in [6.07, 6.45) is 4.92. The minimum atomic E-state index is -0.218. The Balaban J connectivity index is 1.71. The van der Waals surface area contributed by atoms with Gasteiger partial charge in [-0.1, -0.05) is 6.07 Å². The number of para-hydroxylation sites is 1. The SMILES string of the molecule is O=C(Nc1ccc2cn[nH]c2c1)c1cccc2nccnc12. The Morgan fingerprint density at radius 3 is 2.95 bits per heavy atom. The third kappa shape index (κ3) is 2.07. The first-order valence-corrected chi connectivity index (χ1v) is 6.75. The maximum absolute atomic E-state index is 12.5. The zero-order valence-electron chi connectivity index (χ0n) is 11.4. The minimum Gasteiger partial charge on any atom is -0.322 e. The number of nitrogens with one attached hydrogen (secondary N) is 2. The fourth-order valence-corrected chi connectivity index (χ4v) is 2.39. The van der Waals surface area contributed by atoms with Crippen LogP contribution in [0.5, 0.6) is 0 Å². The van der Waals surface area contributed by atoms with E-state index in [1.54, 1.807) is 30.7 Å². The summed E-state index contributed by atoms with van der Waals surface area (Å²) in [4.78, 5) is 21.0. The van der Waals surface area contributed by atoms with Gasteiger partial charge in [-0.05, 0) is 30.3 Å². The number of H-pyrrole nitrogens is 1. The van der Waals surface area contributed by atoms with Crippen LogP contribution in [0.15, 0.2) is 55.0 Å². The van der Waals surface area contributed by atoms with Crippen LogP contribution in [0, 0.1) is 0 Å². The van der Waals surface area contributed by atoms with Crippen molar-refractivity contribution in [3.8, 4) is 0 Å². The second-order valence-electron chi connectivity index (χ2n) is 4.86. The van der Waals surface area contributed by atoms with E-state index in [0.29, 0.717) is 22.3 Å². The van der Waals surface area contributed by atoms with Gasteiger partial charge in [0.2, 0.25) is 0 Å². The standard InChI is InChI=1S/C16H11N5O/c22-16(12-2-1-3-13-15(12)18-7-6-17-13)20-11-5-4-10-9-19-21-14(10)8-11/h1-9H,(H,19,21)(H,20,22). The molecule has 6 nitrogen and oxygen atoms in total. The maximum atomic E-state index is 12.5. The number of carbonyl (C=O) groups excluding carboxylic acids is 1. The lowest BCUT2D eigenvalue weighted by Gasteiger charge is -2.07. The van der Waals surface area contributed by atoms with E-state index in [-0.39, 0.29) is 5.91 Å². The summed E-state index contributed by atoms with van der Waals surface area (Å²) in [5, 5.41) is 10.7. The summed E-state index contributed by atoms with van der Waals surface area (Å²) < 4.78 is 0. The molecule has 0 bridgehead atoms. The molecule has 0 spiro atoms. The molecule has 0 atom stereocenters. The number of carbonyl (C=O) groups is 1. The van der Waals surface area contributed by atoms with Crippen LogP contribution in [0.4, 0.5) is 5.69 Å². The first kappa shape index (κ1) is 12.5. The van der Waals surface area contributed by atoms with Crippen LogP contribution in [0.3, 0.4) is 0 Å². The fraction of sp³-hybridized carbons (Fsp3) is 0. The average Bonchev–Trinajstić information content (AvgIpc) is 3.02. The Morgan fingerprint density at radius 1 is 1.09 bits per heavy atom. The second kappa shape index (κ2) is 4.92. The summed E-state index contributed by atoms with van der Waals surface area (Å²) in [7, 11) is 0. The lowest BCUT2D eigenvalue weighted by Crippen LogP contribution is -2.12. The molecule has 1 amide bonds. The molecule has 0 radical (unpaired) electrons. The molecule has 2 aromatic carbocycles. The fourth-order valence-electron chi connectivity index (χ4n) is 2.39. The molecule has 4 rings (SSSR count). The highest BCUT2D eigenvalue weighted by atomic mass is 16.1. The van der Waals surface area contributed by atoms with E-state index in [1.807, 2.05) is 24.3 Å². The summed E-state index contributed by atoms with van der Waals surface area (Å²) in [6.45, 7) is 0. The summed E-state index contributed by atoms with van der Waals surface area (Å²) in [5.41, 5.74) is 3.35. The number of hydrogen-bond donors (Lipinski definition) is 2. The Morgan fingerprint density at radius 2 is 2.00 bits per heavy atom. The van der Waals surface area contributed by atoms with Crippen LogP contribution in [-0.2, 0) is 0 Å². The molecular formula is C16H11N5O. The van der Waals surface area contributed by atoms with Crippen molar-refractivity contribution in [1.29, 1.82) is 0 Å². The lowest BCUT2D eigenvalue weighted by atomic mass is 10.1. The highest BCUT2D eigenvalue weighted by molar-refractivity contribution is 6.11. The molecular weight excluding hydrogens is 278 g/mol. The van der Waals surface area contributed by atoms with E-state index in [2.05, 4.69) is 25.5 Å². The molecule has 0 unspecified atom stereocenters. The number of amides is 1. The van der Waals surface area contributed by atoms with Gasteiger partial charge < -0.3 is 5.32 Å². The first-order valence-electron chi connectivity index (χ1n) is 6.75. The van der Waals surface area contributed by atoms with Gasteiger partial charge in [-0.25, -0.2) is 0 Å². The molecule has 2 heterocycles. The molecule has 4 aromatic rings. The number of nitrogens with zero attached hydrogens (tertiary/aromatic N) is 3. The van der Waals surface area contributed by atoms with Crippen molar-refractivity contribution in [3.05, 3.63) is 60.6 Å². The summed E-state index contributed by atoms with van der Waals surface area (Å²) >= 11 is 0. The molecule has 6 heteroatoms. The smallest absolute Gasteiger partial charge is 0.257 e. The summed E-state index contributed by atoms with van der Waals surface area (Å²) in [6, 6.07) is 10.9. The van der Waals surface area contributed by atoms with E-state index in [9.17, 15) is 4.79 Å². The van der Waals surface area contributed by atoms with Crippen LogP contribution >= 0.6 is 0 Å². The van der Waals surface area contributed by atoms with Gasteiger partial charge in [0.25, 0.3) is 5.91 Å². The van der Waals surface area contributed by atoms with Crippen LogP contribution in [0.1, 0.15) is 10.4 Å². The third-order valence-corrected chi connectivity index (χ3v) is 3.44. The van der Waals surface area contributed by atoms with Crippen molar-refractivity contribution < 1.29 is 4.79 Å². The van der Waals surface area contributed by atoms with Gasteiger partial charge in [-0.15, -0.1) is 0 Å². The Labute approximate surface area is 125 Å². The minimum absolute atomic E-state index is 0.218. The van der Waals surface area contributed by atoms with Gasteiger partial charge >= 0.3 is 0 Å². The maximum Gasteiger partial charge on any atom is 0.257 e. The Hall–Kier alpha value is -3.28. The van der Waals surface area contributed by atoms with Crippen LogP contribution in [0.2, 0.25) is 0 Å². The lowest BCUT2D eigenvalue weighted by molar-refractivity contribution is 0.102. The molecule has 0 aliphatic rings. The van der Waals surface area contributed by atoms with E-state index in [4.69, 9.17) is 0 Å². The van der Waals surface area contributed by atoms with Gasteiger partial charge in [0, 0.05) is 23.5 Å². The van der Waals surface area contributed by atoms with Gasteiger partial charge in [0.15, 0.2) is 0 Å². The van der Waals surface area contributed by atoms with E-state index >= 15 is 0 Å². The van der Waals surface area contributed by atoms with Gasteiger partial charge in [0.05, 0.1) is 22.8 Å². The van der Waals surface area contributed by atoms with Gasteiger partial charge in [-0.2, -0.15) is 5.10 Å². The molecule has 2 N–H and O–H groups in total. The normalized spacial score (nSPS) is 10.9. The highest BCUT2D eigenvalue weighted by Crippen LogP contribution is 2.19. The van der Waals surface area contributed by atoms with E-state index in [0.717, 1.165) is 10.9 Å². The van der Waals surface area contributed by atoms with Crippen molar-refractivity contribution >= 4 is 33.5 Å². The van der Waals surface area contributed by atoms with Gasteiger partial charge in [-0.3, -0.25) is 19.9 Å². The van der Waals surface area contributed by atoms with Crippen LogP contribution in [0.25, 0.3) is 21.9 Å². The number of aromatic nitrogens is 4. The van der Waals surface area contributed by atoms with Crippen molar-refractivity contribution in [2.24, 2.45) is 0 Å². The zero-order valence-corrected chi connectivity index (χ0v) is 11.4. The van der Waals surface area contributed by atoms with Gasteiger partial charge in [0.1, 0.15) is 5.52 Å². The predicted molar refractivity (Wildman–Crippen MR) is 83.6 cm³/mol. The van der Waals surface area contributed by atoms with Crippen molar-refractivity contribution in [2.75, 3.05) is 5.32 Å². The van der Waals surface area contributed by atoms with Crippen molar-refractivity contribution in [3.63, 3.8) is 0 Å². The molecule has 22 heavy (non-hydrogen) atoms. The molecule has 106 valence electrons. The average molecular weight is 289 g/mol. The number of fused-ring (bicyclic) bond motifs is 2. The monoisotopic (exact) mass is 289 g/mol. The highest BCUT2D eigenvalue weighted by Gasteiger charge is 2.12. The third-order valence-electron chi connectivity index (χ3n) is 3.44. The first-order chi connectivity index (χ1) is 10.8. The van der Waals surface area contributed by atoms with Crippen molar-refractivity contribution in [2.45, 2.75) is 0 Å². The Bertz CT molecular complexity index is 987. The van der Waals surface area contributed by atoms with Crippen LogP contribution < -0.4 is 5.32 Å². The molecule has 0 saturated carbocycles. The molecule has 0 fully saturated rings.